The molecule has 4 rings (SSSR count). The summed E-state index contributed by atoms with van der Waals surface area (Å²) in [6.45, 7) is 4.60. The maximum Gasteiger partial charge on any atom is 0.437 e. The Kier molecular flexibility index (Phi) is 5.34. The van der Waals surface area contributed by atoms with E-state index in [-0.39, 0.29) is 18.3 Å². The van der Waals surface area contributed by atoms with Crippen molar-refractivity contribution in [2.45, 2.75) is 33.5 Å². The van der Waals surface area contributed by atoms with Crippen molar-refractivity contribution in [3.05, 3.63) is 81.8 Å². The summed E-state index contributed by atoms with van der Waals surface area (Å²) in [6.07, 6.45) is 1.45. The number of aromatic nitrogens is 4. The zero-order valence-corrected chi connectivity index (χ0v) is 16.7. The molecule has 0 spiro atoms. The van der Waals surface area contributed by atoms with Gasteiger partial charge >= 0.3 is 5.76 Å². The number of benzene rings is 1. The molecule has 0 aliphatic rings. The van der Waals surface area contributed by atoms with E-state index in [1.54, 1.807) is 12.1 Å². The van der Waals surface area contributed by atoms with Crippen molar-refractivity contribution in [1.82, 2.24) is 24.9 Å². The van der Waals surface area contributed by atoms with Crippen LogP contribution in [0.25, 0.3) is 11.7 Å². The first-order valence-electron chi connectivity index (χ1n) is 9.46. The third-order valence-corrected chi connectivity index (χ3v) is 4.80. The topological polar surface area (TPSA) is 108 Å². The third-order valence-electron chi connectivity index (χ3n) is 4.80. The molecule has 9 heteroatoms. The number of carbonyl (C=O) groups is 1. The van der Waals surface area contributed by atoms with Crippen molar-refractivity contribution < 1.29 is 13.6 Å². The van der Waals surface area contributed by atoms with Gasteiger partial charge in [0.1, 0.15) is 6.54 Å². The second-order valence-corrected chi connectivity index (χ2v) is 6.88. The van der Waals surface area contributed by atoms with E-state index in [1.165, 1.54) is 6.26 Å². The van der Waals surface area contributed by atoms with Crippen molar-refractivity contribution in [2.75, 3.05) is 0 Å². The first kappa shape index (κ1) is 19.4. The van der Waals surface area contributed by atoms with E-state index in [4.69, 9.17) is 8.83 Å². The molecule has 3 aromatic heterocycles. The summed E-state index contributed by atoms with van der Waals surface area (Å²) in [5, 5.41) is 11.4. The van der Waals surface area contributed by atoms with Gasteiger partial charge in [0, 0.05) is 17.8 Å². The Balaban J connectivity index is 1.40. The molecule has 0 aliphatic heterocycles. The summed E-state index contributed by atoms with van der Waals surface area (Å²) >= 11 is 0. The quantitative estimate of drug-likeness (QED) is 0.504. The van der Waals surface area contributed by atoms with Crippen LogP contribution in [0.3, 0.4) is 0 Å². The van der Waals surface area contributed by atoms with Crippen LogP contribution >= 0.6 is 0 Å². The van der Waals surface area contributed by atoms with Crippen LogP contribution in [0.1, 0.15) is 22.5 Å². The van der Waals surface area contributed by atoms with Crippen LogP contribution in [0.15, 0.2) is 62.4 Å². The summed E-state index contributed by atoms with van der Waals surface area (Å²) in [5.41, 5.74) is 3.93. The first-order chi connectivity index (χ1) is 14.5. The second-order valence-electron chi connectivity index (χ2n) is 6.88. The van der Waals surface area contributed by atoms with Crippen LogP contribution in [0, 0.1) is 13.8 Å². The van der Waals surface area contributed by atoms with E-state index in [9.17, 15) is 9.59 Å². The monoisotopic (exact) mass is 407 g/mol. The van der Waals surface area contributed by atoms with Gasteiger partial charge in [0.2, 0.25) is 5.91 Å². The van der Waals surface area contributed by atoms with Crippen molar-refractivity contribution in [1.29, 1.82) is 0 Å². The molecule has 1 aromatic carbocycles. The highest BCUT2D eigenvalue weighted by atomic mass is 16.4. The van der Waals surface area contributed by atoms with Crippen LogP contribution in [0.2, 0.25) is 0 Å². The molecule has 154 valence electrons. The number of amides is 1. The average Bonchev–Trinajstić information content (AvgIpc) is 3.44. The number of carbonyl (C=O) groups excluding carboxylic acids is 1. The van der Waals surface area contributed by atoms with E-state index in [0.717, 1.165) is 27.2 Å². The molecule has 0 atom stereocenters. The molecule has 9 nitrogen and oxygen atoms in total. The lowest BCUT2D eigenvalue weighted by Gasteiger charge is -2.07. The van der Waals surface area contributed by atoms with Crippen molar-refractivity contribution in [3.8, 4) is 11.7 Å². The zero-order chi connectivity index (χ0) is 21.1. The van der Waals surface area contributed by atoms with E-state index in [2.05, 4.69) is 15.5 Å². The number of hydrogen-bond acceptors (Lipinski definition) is 6. The highest BCUT2D eigenvalue weighted by molar-refractivity contribution is 5.75. The number of rotatable bonds is 7. The minimum absolute atomic E-state index is 0.0340. The molecule has 0 unspecified atom stereocenters. The number of aryl methyl sites for hydroxylation is 1. The van der Waals surface area contributed by atoms with Crippen LogP contribution in [-0.4, -0.2) is 25.5 Å². The predicted molar refractivity (Wildman–Crippen MR) is 108 cm³/mol. The minimum Gasteiger partial charge on any atom is -0.459 e. The molecule has 0 radical (unpaired) electrons. The maximum absolute atomic E-state index is 12.4. The molecule has 1 amide bonds. The number of furan rings is 1. The highest BCUT2D eigenvalue weighted by Crippen LogP contribution is 2.16. The lowest BCUT2D eigenvalue weighted by molar-refractivity contribution is -0.122. The fourth-order valence-corrected chi connectivity index (χ4v) is 3.19. The normalized spacial score (nSPS) is 11.0. The second kappa shape index (κ2) is 8.24. The van der Waals surface area contributed by atoms with Gasteiger partial charge in [0.05, 0.1) is 18.5 Å². The van der Waals surface area contributed by atoms with Gasteiger partial charge in [-0.05, 0) is 31.5 Å². The summed E-state index contributed by atoms with van der Waals surface area (Å²) in [7, 11) is 0. The molecule has 1 N–H and O–H groups in total. The summed E-state index contributed by atoms with van der Waals surface area (Å²) in [6, 6.07) is 13.3. The van der Waals surface area contributed by atoms with Gasteiger partial charge in [-0.15, -0.1) is 5.10 Å². The number of hydrogen-bond donors (Lipinski definition) is 1. The number of nitrogens with one attached hydrogen (secondary N) is 1. The van der Waals surface area contributed by atoms with E-state index < -0.39 is 5.76 Å². The van der Waals surface area contributed by atoms with E-state index >= 15 is 0 Å². The fourth-order valence-electron chi connectivity index (χ4n) is 3.19. The smallest absolute Gasteiger partial charge is 0.437 e. The molecule has 0 aliphatic carbocycles. The van der Waals surface area contributed by atoms with Crippen molar-refractivity contribution >= 4 is 5.91 Å². The lowest BCUT2D eigenvalue weighted by Crippen LogP contribution is -2.31. The average molecular weight is 407 g/mol. The Hall–Kier alpha value is -3.88. The Morgan fingerprint density at radius 1 is 1.07 bits per heavy atom. The minimum atomic E-state index is -0.723. The summed E-state index contributed by atoms with van der Waals surface area (Å²) < 4.78 is 13.1. The van der Waals surface area contributed by atoms with Crippen molar-refractivity contribution in [3.63, 3.8) is 0 Å². The molecular formula is C21H21N5O4. The predicted octanol–water partition coefficient (Wildman–Crippen LogP) is 2.27. The molecule has 0 bridgehead atoms. The fraction of sp³-hybridized carbons (Fsp3) is 0.238. The maximum atomic E-state index is 12.4. The Morgan fingerprint density at radius 3 is 2.60 bits per heavy atom. The van der Waals surface area contributed by atoms with Crippen LogP contribution < -0.4 is 11.1 Å². The van der Waals surface area contributed by atoms with Crippen LogP contribution in [-0.2, 0) is 24.4 Å². The Morgan fingerprint density at radius 2 is 1.87 bits per heavy atom. The molecule has 0 fully saturated rings. The molecule has 3 heterocycles. The van der Waals surface area contributed by atoms with Gasteiger partial charge in [-0.2, -0.15) is 9.78 Å². The lowest BCUT2D eigenvalue weighted by atomic mass is 10.2. The molecule has 4 aromatic rings. The van der Waals surface area contributed by atoms with Crippen molar-refractivity contribution in [2.24, 2.45) is 0 Å². The Bertz CT molecular complexity index is 1200. The van der Waals surface area contributed by atoms with E-state index in [1.807, 2.05) is 48.9 Å². The molecule has 0 saturated heterocycles. The first-order valence-corrected chi connectivity index (χ1v) is 9.46. The SMILES string of the molecule is Cc1nn(Cc2ccccc2)c(C)c1CNC(=O)Cn1nc(-c2ccco2)oc1=O. The van der Waals surface area contributed by atoms with Crippen LogP contribution in [0.4, 0.5) is 0 Å². The summed E-state index contributed by atoms with van der Waals surface area (Å²) in [4.78, 5) is 24.3. The summed E-state index contributed by atoms with van der Waals surface area (Å²) in [5.74, 6) is -0.722. The highest BCUT2D eigenvalue weighted by Gasteiger charge is 2.16. The van der Waals surface area contributed by atoms with Gasteiger partial charge in [-0.3, -0.25) is 9.48 Å². The van der Waals surface area contributed by atoms with Gasteiger partial charge in [-0.1, -0.05) is 30.3 Å². The van der Waals surface area contributed by atoms with Gasteiger partial charge in [-0.25, -0.2) is 4.79 Å². The molecular weight excluding hydrogens is 386 g/mol. The van der Waals surface area contributed by atoms with Gasteiger partial charge in [0.25, 0.3) is 5.89 Å². The standard InChI is InChI=1S/C21H21N5O4/c1-14-17(15(2)25(23-14)12-16-7-4-3-5-8-16)11-22-19(27)13-26-21(28)30-20(24-26)18-9-6-10-29-18/h3-10H,11-13H2,1-2H3,(H,22,27). The van der Waals surface area contributed by atoms with E-state index in [0.29, 0.717) is 18.8 Å². The van der Waals surface area contributed by atoms with Crippen LogP contribution in [0.5, 0.6) is 0 Å². The van der Waals surface area contributed by atoms with Gasteiger partial charge < -0.3 is 14.2 Å². The Labute approximate surface area is 171 Å². The largest absolute Gasteiger partial charge is 0.459 e. The zero-order valence-electron chi connectivity index (χ0n) is 16.7. The number of nitrogens with zero attached hydrogens (tertiary/aromatic N) is 4. The molecule has 0 saturated carbocycles. The van der Waals surface area contributed by atoms with Gasteiger partial charge in [0.15, 0.2) is 5.76 Å². The third kappa shape index (κ3) is 4.09. The molecule has 30 heavy (non-hydrogen) atoms.